The van der Waals surface area contributed by atoms with Gasteiger partial charge in [-0.15, -0.1) is 0 Å². The Morgan fingerprint density at radius 3 is 2.89 bits per heavy atom. The van der Waals surface area contributed by atoms with E-state index in [1.54, 1.807) is 12.1 Å². The monoisotopic (exact) mass is 279 g/mol. The van der Waals surface area contributed by atoms with E-state index in [0.29, 0.717) is 17.7 Å². The highest BCUT2D eigenvalue weighted by molar-refractivity contribution is 7.08. The second-order valence-electron chi connectivity index (χ2n) is 4.61. The fourth-order valence-electron chi connectivity index (χ4n) is 1.89. The number of rotatable bonds is 5. The van der Waals surface area contributed by atoms with Crippen molar-refractivity contribution in [2.75, 3.05) is 0 Å². The van der Waals surface area contributed by atoms with E-state index in [-0.39, 0.29) is 11.9 Å². The Morgan fingerprint density at radius 1 is 1.53 bits per heavy atom. The van der Waals surface area contributed by atoms with Gasteiger partial charge in [0.2, 0.25) is 0 Å². The summed E-state index contributed by atoms with van der Waals surface area (Å²) in [7, 11) is 0. The molecule has 0 radical (unpaired) electrons. The number of carbonyl (C=O) groups excluding carboxylic acids is 1. The van der Waals surface area contributed by atoms with Gasteiger partial charge in [0, 0.05) is 17.8 Å². The molecule has 2 heterocycles. The highest BCUT2D eigenvalue weighted by atomic mass is 32.1. The van der Waals surface area contributed by atoms with Crippen molar-refractivity contribution in [1.82, 2.24) is 5.32 Å². The van der Waals surface area contributed by atoms with E-state index in [2.05, 4.69) is 5.32 Å². The number of nitrogens with one attached hydrogen (secondary N) is 1. The summed E-state index contributed by atoms with van der Waals surface area (Å²) in [5, 5.41) is 16.6. The van der Waals surface area contributed by atoms with Crippen molar-refractivity contribution in [2.45, 2.75) is 32.4 Å². The third-order valence-electron chi connectivity index (χ3n) is 2.93. The van der Waals surface area contributed by atoms with Crippen molar-refractivity contribution in [3.63, 3.8) is 0 Å². The SMILES string of the molecule is Cc1cscc1C(=O)N[C@@H](C)C[C@@H](O)c1ccco1. The lowest BCUT2D eigenvalue weighted by Gasteiger charge is -2.16. The molecule has 0 unspecified atom stereocenters. The Kier molecular flexibility index (Phi) is 4.39. The second kappa shape index (κ2) is 6.04. The molecule has 0 aromatic carbocycles. The second-order valence-corrected chi connectivity index (χ2v) is 5.35. The van der Waals surface area contributed by atoms with Gasteiger partial charge in [0.1, 0.15) is 11.9 Å². The van der Waals surface area contributed by atoms with E-state index < -0.39 is 6.10 Å². The molecule has 5 heteroatoms. The number of hydrogen-bond acceptors (Lipinski definition) is 4. The molecule has 0 bridgehead atoms. The summed E-state index contributed by atoms with van der Waals surface area (Å²) >= 11 is 1.51. The molecule has 4 nitrogen and oxygen atoms in total. The Hall–Kier alpha value is -1.59. The van der Waals surface area contributed by atoms with E-state index in [1.165, 1.54) is 17.6 Å². The van der Waals surface area contributed by atoms with Crippen LogP contribution in [0.1, 0.15) is 41.1 Å². The van der Waals surface area contributed by atoms with Crippen molar-refractivity contribution < 1.29 is 14.3 Å². The van der Waals surface area contributed by atoms with Crippen molar-refractivity contribution in [2.24, 2.45) is 0 Å². The Balaban J connectivity index is 1.89. The predicted molar refractivity (Wildman–Crippen MR) is 74.3 cm³/mol. The van der Waals surface area contributed by atoms with Crippen LogP contribution in [-0.4, -0.2) is 17.1 Å². The Morgan fingerprint density at radius 2 is 2.32 bits per heavy atom. The average molecular weight is 279 g/mol. The highest BCUT2D eigenvalue weighted by Crippen LogP contribution is 2.19. The van der Waals surface area contributed by atoms with Crippen molar-refractivity contribution >= 4 is 17.2 Å². The minimum Gasteiger partial charge on any atom is -0.467 e. The molecule has 0 saturated carbocycles. The van der Waals surface area contributed by atoms with Gasteiger partial charge < -0.3 is 14.8 Å². The quantitative estimate of drug-likeness (QED) is 0.884. The van der Waals surface area contributed by atoms with Gasteiger partial charge in [-0.05, 0) is 36.9 Å². The maximum Gasteiger partial charge on any atom is 0.252 e. The molecule has 0 saturated heterocycles. The highest BCUT2D eigenvalue weighted by Gasteiger charge is 2.18. The lowest BCUT2D eigenvalue weighted by Crippen LogP contribution is -2.33. The number of carbonyl (C=O) groups is 1. The van der Waals surface area contributed by atoms with Crippen LogP contribution >= 0.6 is 11.3 Å². The van der Waals surface area contributed by atoms with Gasteiger partial charge in [-0.2, -0.15) is 11.3 Å². The zero-order chi connectivity index (χ0) is 13.8. The summed E-state index contributed by atoms with van der Waals surface area (Å²) in [6.07, 6.45) is 1.24. The standard InChI is InChI=1S/C14H17NO3S/c1-9-7-19-8-11(9)14(17)15-10(2)6-12(16)13-4-3-5-18-13/h3-5,7-8,10,12,16H,6H2,1-2H3,(H,15,17)/t10-,12+/m0/s1. The number of aliphatic hydroxyl groups is 1. The van der Waals surface area contributed by atoms with Gasteiger partial charge in [0.15, 0.2) is 0 Å². The van der Waals surface area contributed by atoms with Crippen molar-refractivity contribution in [3.8, 4) is 0 Å². The summed E-state index contributed by atoms with van der Waals surface area (Å²) in [6, 6.07) is 3.32. The first-order chi connectivity index (χ1) is 9.08. The summed E-state index contributed by atoms with van der Waals surface area (Å²) < 4.78 is 5.13. The Bertz CT molecular complexity index is 533. The molecule has 2 rings (SSSR count). The molecule has 0 aliphatic rings. The van der Waals surface area contributed by atoms with Gasteiger partial charge in [-0.1, -0.05) is 0 Å². The first kappa shape index (κ1) is 13.8. The van der Waals surface area contributed by atoms with Crippen LogP contribution < -0.4 is 5.32 Å². The molecule has 1 amide bonds. The molecule has 0 spiro atoms. The minimum absolute atomic E-state index is 0.0992. The number of thiophene rings is 1. The fraction of sp³-hybridized carbons (Fsp3) is 0.357. The number of aryl methyl sites for hydroxylation is 1. The number of amides is 1. The third-order valence-corrected chi connectivity index (χ3v) is 3.79. The molecule has 0 aliphatic heterocycles. The fourth-order valence-corrected chi connectivity index (χ4v) is 2.71. The largest absolute Gasteiger partial charge is 0.467 e. The molecule has 2 aromatic rings. The minimum atomic E-state index is -0.700. The van der Waals surface area contributed by atoms with Crippen molar-refractivity contribution in [3.05, 3.63) is 46.0 Å². The average Bonchev–Trinajstić information content (AvgIpc) is 2.98. The van der Waals surface area contributed by atoms with E-state index in [4.69, 9.17) is 4.42 Å². The summed E-state index contributed by atoms with van der Waals surface area (Å²) in [6.45, 7) is 3.78. The van der Waals surface area contributed by atoms with Gasteiger partial charge >= 0.3 is 0 Å². The van der Waals surface area contributed by atoms with Crippen LogP contribution in [0.2, 0.25) is 0 Å². The van der Waals surface area contributed by atoms with Crippen LogP contribution in [0.5, 0.6) is 0 Å². The Labute approximate surface area is 116 Å². The van der Waals surface area contributed by atoms with Gasteiger partial charge in [0.05, 0.1) is 11.8 Å². The van der Waals surface area contributed by atoms with Crippen LogP contribution in [0.3, 0.4) is 0 Å². The third kappa shape index (κ3) is 3.45. The molecular formula is C14H17NO3S. The summed E-state index contributed by atoms with van der Waals surface area (Å²) in [5.41, 5.74) is 1.67. The first-order valence-electron chi connectivity index (χ1n) is 6.13. The van der Waals surface area contributed by atoms with E-state index in [9.17, 15) is 9.90 Å². The van der Waals surface area contributed by atoms with Gasteiger partial charge in [0.25, 0.3) is 5.91 Å². The molecular weight excluding hydrogens is 262 g/mol. The lowest BCUT2D eigenvalue weighted by atomic mass is 10.1. The van der Waals surface area contributed by atoms with Crippen LogP contribution in [-0.2, 0) is 0 Å². The predicted octanol–water partition coefficient (Wildman–Crippen LogP) is 2.89. The zero-order valence-electron chi connectivity index (χ0n) is 10.9. The van der Waals surface area contributed by atoms with E-state index >= 15 is 0 Å². The normalized spacial score (nSPS) is 14.1. The smallest absolute Gasteiger partial charge is 0.252 e. The molecule has 19 heavy (non-hydrogen) atoms. The van der Waals surface area contributed by atoms with Crippen LogP contribution in [0.25, 0.3) is 0 Å². The van der Waals surface area contributed by atoms with E-state index in [1.807, 2.05) is 24.6 Å². The summed E-state index contributed by atoms with van der Waals surface area (Å²) in [5.74, 6) is 0.422. The molecule has 2 aromatic heterocycles. The lowest BCUT2D eigenvalue weighted by molar-refractivity contribution is 0.0903. The van der Waals surface area contributed by atoms with Gasteiger partial charge in [-0.3, -0.25) is 4.79 Å². The topological polar surface area (TPSA) is 62.5 Å². The summed E-state index contributed by atoms with van der Waals surface area (Å²) in [4.78, 5) is 12.0. The van der Waals surface area contributed by atoms with Crippen LogP contribution in [0.15, 0.2) is 33.6 Å². The molecule has 0 fully saturated rings. The maximum absolute atomic E-state index is 12.0. The molecule has 2 atom stereocenters. The number of furan rings is 1. The number of hydrogen-bond donors (Lipinski definition) is 2. The molecule has 2 N–H and O–H groups in total. The molecule has 102 valence electrons. The number of aliphatic hydroxyl groups excluding tert-OH is 1. The van der Waals surface area contributed by atoms with Crippen LogP contribution in [0, 0.1) is 6.92 Å². The maximum atomic E-state index is 12.0. The van der Waals surface area contributed by atoms with Gasteiger partial charge in [-0.25, -0.2) is 0 Å². The zero-order valence-corrected chi connectivity index (χ0v) is 11.7. The van der Waals surface area contributed by atoms with Crippen LogP contribution in [0.4, 0.5) is 0 Å². The van der Waals surface area contributed by atoms with Crippen molar-refractivity contribution in [1.29, 1.82) is 0 Å². The first-order valence-corrected chi connectivity index (χ1v) is 7.07. The molecule has 0 aliphatic carbocycles. The van der Waals surface area contributed by atoms with E-state index in [0.717, 1.165) is 5.56 Å².